The Bertz CT molecular complexity index is 411. The van der Waals surface area contributed by atoms with E-state index in [9.17, 15) is 9.18 Å². The summed E-state index contributed by atoms with van der Waals surface area (Å²) in [5.41, 5.74) is 0.619. The maximum absolute atomic E-state index is 12.2. The Morgan fingerprint density at radius 2 is 1.89 bits per heavy atom. The molecule has 0 aliphatic carbocycles. The molecule has 2 N–H and O–H groups in total. The van der Waals surface area contributed by atoms with Gasteiger partial charge in [-0.2, -0.15) is 0 Å². The number of anilines is 1. The van der Waals surface area contributed by atoms with E-state index in [1.54, 1.807) is 24.3 Å². The molecule has 3 nitrogen and oxygen atoms in total. The first-order chi connectivity index (χ1) is 8.32. The van der Waals surface area contributed by atoms with Crippen LogP contribution < -0.4 is 10.6 Å². The summed E-state index contributed by atoms with van der Waals surface area (Å²) < 4.78 is 11.2. The Morgan fingerprint density at radius 1 is 1.33 bits per heavy atom. The van der Waals surface area contributed by atoms with E-state index in [4.69, 9.17) is 34.8 Å². The highest BCUT2D eigenvalue weighted by atomic mass is 79.9. The van der Waals surface area contributed by atoms with E-state index in [0.717, 1.165) is 4.47 Å². The molecule has 18 heavy (non-hydrogen) atoms. The molecule has 0 bridgehead atoms. The molecule has 1 aromatic rings. The van der Waals surface area contributed by atoms with Crippen LogP contribution in [0.4, 0.5) is 10.1 Å². The fourth-order valence-corrected chi connectivity index (χ4v) is 1.70. The van der Waals surface area contributed by atoms with Crippen molar-refractivity contribution >= 4 is 62.3 Å². The fourth-order valence-electron chi connectivity index (χ4n) is 1.11. The number of rotatable bonds is 4. The van der Waals surface area contributed by atoms with Crippen molar-refractivity contribution in [2.24, 2.45) is 0 Å². The molecular weight excluding hydrogens is 369 g/mol. The summed E-state index contributed by atoms with van der Waals surface area (Å²) in [6.07, 6.45) is -1.04. The van der Waals surface area contributed by atoms with Crippen molar-refractivity contribution in [3.05, 3.63) is 28.7 Å². The lowest BCUT2D eigenvalue weighted by Crippen LogP contribution is -2.49. The number of nitrogens with one attached hydrogen (secondary N) is 2. The Hall–Kier alpha value is -0.230. The second-order valence-corrected chi connectivity index (χ2v) is 6.61. The lowest BCUT2D eigenvalue weighted by atomic mass is 10.3. The molecule has 0 spiro atoms. The predicted molar refractivity (Wildman–Crippen MR) is 76.0 cm³/mol. The van der Waals surface area contributed by atoms with E-state index >= 15 is 0 Å². The zero-order valence-electron chi connectivity index (χ0n) is 8.89. The summed E-state index contributed by atoms with van der Waals surface area (Å²) in [6.45, 7) is -1.18. The highest BCUT2D eigenvalue weighted by Crippen LogP contribution is 2.31. The third kappa shape index (κ3) is 5.18. The standard InChI is InChI=1S/C10H9BrCl3FN2O/c11-6-1-3-7(4-2-6)16-9(10(12,13)14)17-8(18)5-15/h1-4,9,16H,5H2,(H,17,18)/t9-/m1/s1. The lowest BCUT2D eigenvalue weighted by Gasteiger charge is -2.27. The first-order valence-electron chi connectivity index (χ1n) is 4.77. The number of alkyl halides is 4. The molecule has 0 unspecified atom stereocenters. The van der Waals surface area contributed by atoms with Crippen molar-refractivity contribution in [2.45, 2.75) is 9.96 Å². The topological polar surface area (TPSA) is 41.1 Å². The molecule has 0 aliphatic rings. The number of hydrogen-bond acceptors (Lipinski definition) is 2. The summed E-state index contributed by atoms with van der Waals surface area (Å²) >= 11 is 20.4. The van der Waals surface area contributed by atoms with Crippen LogP contribution in [0.2, 0.25) is 0 Å². The van der Waals surface area contributed by atoms with Gasteiger partial charge in [0.1, 0.15) is 6.17 Å². The Kier molecular flexibility index (Phi) is 5.98. The summed E-state index contributed by atoms with van der Waals surface area (Å²) in [7, 11) is 0. The van der Waals surface area contributed by atoms with Crippen molar-refractivity contribution in [3.63, 3.8) is 0 Å². The largest absolute Gasteiger partial charge is 0.362 e. The van der Waals surface area contributed by atoms with Gasteiger partial charge in [0.05, 0.1) is 0 Å². The highest BCUT2D eigenvalue weighted by Gasteiger charge is 2.33. The molecule has 0 fully saturated rings. The Labute approximate surface area is 127 Å². The maximum atomic E-state index is 12.2. The van der Waals surface area contributed by atoms with Gasteiger partial charge in [-0.3, -0.25) is 4.79 Å². The van der Waals surface area contributed by atoms with Gasteiger partial charge < -0.3 is 10.6 Å². The zero-order chi connectivity index (χ0) is 13.8. The van der Waals surface area contributed by atoms with Gasteiger partial charge in [0.2, 0.25) is 3.79 Å². The number of halogens is 5. The Balaban J connectivity index is 2.78. The molecule has 0 aliphatic heterocycles. The van der Waals surface area contributed by atoms with E-state index in [0.29, 0.717) is 5.69 Å². The Morgan fingerprint density at radius 3 is 2.33 bits per heavy atom. The van der Waals surface area contributed by atoms with Gasteiger partial charge in [0, 0.05) is 10.2 Å². The molecule has 100 valence electrons. The molecule has 1 aromatic carbocycles. The average Bonchev–Trinajstić information content (AvgIpc) is 2.29. The van der Waals surface area contributed by atoms with Gasteiger partial charge in [-0.1, -0.05) is 50.7 Å². The van der Waals surface area contributed by atoms with Crippen molar-refractivity contribution in [1.29, 1.82) is 0 Å². The second kappa shape index (κ2) is 6.80. The van der Waals surface area contributed by atoms with Crippen LogP contribution >= 0.6 is 50.7 Å². The number of amides is 1. The predicted octanol–water partition coefficient (Wildman–Crippen LogP) is 3.64. The summed E-state index contributed by atoms with van der Waals surface area (Å²) in [5, 5.41) is 5.03. The minimum Gasteiger partial charge on any atom is -0.362 e. The molecule has 0 radical (unpaired) electrons. The minimum absolute atomic E-state index is 0.619. The van der Waals surface area contributed by atoms with E-state index in [1.807, 2.05) is 0 Å². The fraction of sp³-hybridized carbons (Fsp3) is 0.300. The summed E-state index contributed by atoms with van der Waals surface area (Å²) in [6, 6.07) is 6.98. The molecule has 1 amide bonds. The minimum atomic E-state index is -1.81. The molecule has 1 rings (SSSR count). The number of hydrogen-bond donors (Lipinski definition) is 2. The third-order valence-electron chi connectivity index (χ3n) is 1.91. The molecule has 0 heterocycles. The van der Waals surface area contributed by atoms with Crippen molar-refractivity contribution in [3.8, 4) is 0 Å². The first kappa shape index (κ1) is 15.8. The highest BCUT2D eigenvalue weighted by molar-refractivity contribution is 9.10. The molecule has 1 atom stereocenters. The smallest absolute Gasteiger partial charge is 0.253 e. The molecule has 0 saturated heterocycles. The summed E-state index contributed by atoms with van der Waals surface area (Å²) in [5.74, 6) is -0.865. The summed E-state index contributed by atoms with van der Waals surface area (Å²) in [4.78, 5) is 11.0. The molecule has 8 heteroatoms. The van der Waals surface area contributed by atoms with Crippen LogP contribution in [0.3, 0.4) is 0 Å². The quantitative estimate of drug-likeness (QED) is 0.620. The van der Waals surface area contributed by atoms with Crippen molar-refractivity contribution in [1.82, 2.24) is 5.32 Å². The van der Waals surface area contributed by atoms with Crippen LogP contribution in [-0.2, 0) is 4.79 Å². The number of carbonyl (C=O) groups is 1. The van der Waals surface area contributed by atoms with Gasteiger partial charge in [-0.15, -0.1) is 0 Å². The SMILES string of the molecule is O=C(CF)N[C@@H](Nc1ccc(Br)cc1)C(Cl)(Cl)Cl. The van der Waals surface area contributed by atoms with Crippen LogP contribution in [0.1, 0.15) is 0 Å². The number of benzene rings is 1. The van der Waals surface area contributed by atoms with Gasteiger partial charge in [-0.05, 0) is 24.3 Å². The van der Waals surface area contributed by atoms with Crippen LogP contribution in [0, 0.1) is 0 Å². The molecule has 0 aromatic heterocycles. The monoisotopic (exact) mass is 376 g/mol. The van der Waals surface area contributed by atoms with Crippen LogP contribution in [0.25, 0.3) is 0 Å². The van der Waals surface area contributed by atoms with Crippen LogP contribution in [-0.4, -0.2) is 22.5 Å². The van der Waals surface area contributed by atoms with Crippen molar-refractivity contribution in [2.75, 3.05) is 12.0 Å². The normalized spacial score (nSPS) is 12.9. The van der Waals surface area contributed by atoms with Gasteiger partial charge >= 0.3 is 0 Å². The van der Waals surface area contributed by atoms with Gasteiger partial charge in [-0.25, -0.2) is 4.39 Å². The molecule has 0 saturated carbocycles. The van der Waals surface area contributed by atoms with E-state index < -0.39 is 22.5 Å². The third-order valence-corrected chi connectivity index (χ3v) is 3.09. The molecular formula is C10H9BrCl3FN2O. The van der Waals surface area contributed by atoms with Gasteiger partial charge in [0.15, 0.2) is 6.67 Å². The lowest BCUT2D eigenvalue weighted by molar-refractivity contribution is -0.122. The zero-order valence-corrected chi connectivity index (χ0v) is 12.7. The average molecular weight is 378 g/mol. The number of carbonyl (C=O) groups excluding carboxylic acids is 1. The van der Waals surface area contributed by atoms with Gasteiger partial charge in [0.25, 0.3) is 5.91 Å². The van der Waals surface area contributed by atoms with Crippen molar-refractivity contribution < 1.29 is 9.18 Å². The maximum Gasteiger partial charge on any atom is 0.253 e. The first-order valence-corrected chi connectivity index (χ1v) is 6.70. The van der Waals surface area contributed by atoms with E-state index in [1.165, 1.54) is 0 Å². The van der Waals surface area contributed by atoms with E-state index in [2.05, 4.69) is 26.6 Å². The van der Waals surface area contributed by atoms with E-state index in [-0.39, 0.29) is 0 Å². The van der Waals surface area contributed by atoms with Crippen LogP contribution in [0.5, 0.6) is 0 Å². The second-order valence-electron chi connectivity index (χ2n) is 3.33. The van der Waals surface area contributed by atoms with Crippen LogP contribution in [0.15, 0.2) is 28.7 Å².